The average Bonchev–Trinajstić information content (AvgIpc) is 1.26. The number of rotatable bonds is 3. The van der Waals surface area contributed by atoms with Gasteiger partial charge >= 0.3 is 0 Å². The van der Waals surface area contributed by atoms with Crippen LogP contribution in [0.4, 0.5) is 34.1 Å². The summed E-state index contributed by atoms with van der Waals surface area (Å²) in [5.74, 6) is 0. The molecule has 0 amide bonds. The van der Waals surface area contributed by atoms with Crippen molar-refractivity contribution in [2.24, 2.45) is 0 Å². The number of hydrogen-bond donors (Lipinski definition) is 0. The van der Waals surface area contributed by atoms with E-state index in [0.717, 1.165) is 0 Å². The predicted octanol–water partition coefficient (Wildman–Crippen LogP) is 21.6. The number of anilines is 6. The van der Waals surface area contributed by atoms with Crippen LogP contribution in [-0.2, 0) is 27.1 Å². The third-order valence-electron chi connectivity index (χ3n) is 20.9. The topological polar surface area (TPSA) is 6.48 Å². The highest BCUT2D eigenvalue weighted by atomic mass is 15.2. The maximum Gasteiger partial charge on any atom is 0.252 e. The van der Waals surface area contributed by atoms with Gasteiger partial charge in [-0.1, -0.05) is 265 Å². The first-order valence-corrected chi connectivity index (χ1v) is 32.6. The first kappa shape index (κ1) is 54.7. The summed E-state index contributed by atoms with van der Waals surface area (Å²) in [5.41, 5.74) is 28.5. The Balaban J connectivity index is 1.04. The normalized spacial score (nSPS) is 14.5. The van der Waals surface area contributed by atoms with Gasteiger partial charge < -0.3 is 9.80 Å². The van der Waals surface area contributed by atoms with Crippen LogP contribution in [0.1, 0.15) is 128 Å². The zero-order valence-corrected chi connectivity index (χ0v) is 54.0. The van der Waals surface area contributed by atoms with Gasteiger partial charge in [0.25, 0.3) is 6.71 Å². The fraction of sp³-hybridized carbons (Fsp3) is 0.195. The quantitative estimate of drug-likeness (QED) is 0.128. The molecule has 0 atom stereocenters. The SMILES string of the molecule is CC(C)(C)c1cc(N2c3cc4ccc5ccccc5c4cc3B3c4cc5c(ccc6ccccc65)cc4N(c4cc(C(C)(C)C)cc(C(C)(C)C)c4)c4cc(-c5ccc6c(c5)C5(c7ccccc7-c7ccccc75)c5ccccc5-6)cc2c43)cc(C(C)(C)C)c1. The molecule has 2 heterocycles. The Morgan fingerprint density at radius 1 is 0.278 bits per heavy atom. The molecule has 3 heteroatoms. The van der Waals surface area contributed by atoms with E-state index in [-0.39, 0.29) is 28.4 Å². The summed E-state index contributed by atoms with van der Waals surface area (Å²) < 4.78 is 0. The van der Waals surface area contributed by atoms with Gasteiger partial charge in [0.1, 0.15) is 0 Å². The third-order valence-corrected chi connectivity index (χ3v) is 20.9. The Kier molecular flexibility index (Phi) is 11.4. The minimum atomic E-state index is -0.497. The lowest BCUT2D eigenvalue weighted by atomic mass is 9.33. The van der Waals surface area contributed by atoms with Gasteiger partial charge in [0, 0.05) is 34.1 Å². The molecule has 0 radical (unpaired) electrons. The molecule has 13 aromatic carbocycles. The molecular formula is C87H75BN2. The minimum Gasteiger partial charge on any atom is -0.311 e. The van der Waals surface area contributed by atoms with Crippen molar-refractivity contribution in [3.63, 3.8) is 0 Å². The second kappa shape index (κ2) is 18.8. The van der Waals surface area contributed by atoms with E-state index in [1.165, 1.54) is 171 Å². The number of benzene rings is 13. The van der Waals surface area contributed by atoms with Crippen LogP contribution in [0.25, 0.3) is 76.5 Å². The maximum absolute atomic E-state index is 2.70. The lowest BCUT2D eigenvalue weighted by Gasteiger charge is -2.45. The highest BCUT2D eigenvalue weighted by molar-refractivity contribution is 7.00. The van der Waals surface area contributed by atoms with Gasteiger partial charge in [-0.2, -0.15) is 0 Å². The van der Waals surface area contributed by atoms with Crippen molar-refractivity contribution >= 4 is 100 Å². The molecule has 13 aromatic rings. The highest BCUT2D eigenvalue weighted by Gasteiger charge is 2.52. The fourth-order valence-electron chi connectivity index (χ4n) is 16.2. The van der Waals surface area contributed by atoms with Crippen molar-refractivity contribution in [1.82, 2.24) is 0 Å². The van der Waals surface area contributed by atoms with Gasteiger partial charge in [0.2, 0.25) is 0 Å². The van der Waals surface area contributed by atoms with Crippen molar-refractivity contribution in [2.75, 3.05) is 9.80 Å². The Labute approximate surface area is 531 Å². The highest BCUT2D eigenvalue weighted by Crippen LogP contribution is 2.63. The predicted molar refractivity (Wildman–Crippen MR) is 387 cm³/mol. The monoisotopic (exact) mass is 1160 g/mol. The third kappa shape index (κ3) is 7.90. The molecule has 0 aromatic heterocycles. The number of hydrogen-bond acceptors (Lipinski definition) is 2. The van der Waals surface area contributed by atoms with Crippen LogP contribution in [0.5, 0.6) is 0 Å². The Hall–Kier alpha value is -9.44. The molecule has 4 aliphatic rings. The molecule has 0 N–H and O–H groups in total. The van der Waals surface area contributed by atoms with Gasteiger partial charge in [0.05, 0.1) is 5.41 Å². The van der Waals surface area contributed by atoms with Gasteiger partial charge in [0.15, 0.2) is 0 Å². The van der Waals surface area contributed by atoms with Gasteiger partial charge in [-0.15, -0.1) is 0 Å². The fourth-order valence-corrected chi connectivity index (χ4v) is 16.2. The van der Waals surface area contributed by atoms with Crippen molar-refractivity contribution in [2.45, 2.75) is 110 Å². The van der Waals surface area contributed by atoms with Crippen molar-refractivity contribution in [3.8, 4) is 33.4 Å². The summed E-state index contributed by atoms with van der Waals surface area (Å²) in [6.07, 6.45) is 0. The van der Waals surface area contributed by atoms with E-state index in [0.29, 0.717) is 0 Å². The van der Waals surface area contributed by atoms with Crippen LogP contribution < -0.4 is 26.2 Å². The molecule has 0 unspecified atom stereocenters. The summed E-state index contributed by atoms with van der Waals surface area (Å²) in [4.78, 5) is 5.40. The zero-order valence-electron chi connectivity index (χ0n) is 54.0. The Morgan fingerprint density at radius 2 is 0.644 bits per heavy atom. The average molecular weight is 1160 g/mol. The van der Waals surface area contributed by atoms with Crippen molar-refractivity contribution in [3.05, 3.63) is 281 Å². The molecule has 1 spiro atoms. The lowest BCUT2D eigenvalue weighted by molar-refractivity contribution is 0.568. The first-order valence-electron chi connectivity index (χ1n) is 32.6. The Bertz CT molecular complexity index is 4910. The largest absolute Gasteiger partial charge is 0.311 e. The zero-order chi connectivity index (χ0) is 61.7. The molecule has 0 fully saturated rings. The van der Waals surface area contributed by atoms with Gasteiger partial charge in [-0.05, 0) is 214 Å². The summed E-state index contributed by atoms with van der Waals surface area (Å²) in [7, 11) is 0. The molecule has 2 aliphatic carbocycles. The standard InChI is InChI=1S/C87H75BN2/c1-83(2,3)58-44-59(84(4,5)6)47-62(46-58)89-78-40-55-35-33-52-23-13-15-25-64(52)70(55)50-76(78)88-77-51-71-56(36-34-53-24-14-16-26-65(53)71)41-79(77)90(63-48-60(85(7,8)9)45-61(49-63)86(10,11)12)81-43-57(42-80(89)82(81)88)54-37-38-69-68-29-19-22-32-74(68)87(75(69)39-54)72-30-20-17-27-66(72)67-28-18-21-31-73(67)87/h13-51H,1-12H3. The molecule has 90 heavy (non-hydrogen) atoms. The van der Waals surface area contributed by atoms with E-state index in [2.05, 4.69) is 329 Å². The van der Waals surface area contributed by atoms with E-state index in [1.54, 1.807) is 0 Å². The van der Waals surface area contributed by atoms with Crippen LogP contribution in [0, 0.1) is 0 Å². The minimum absolute atomic E-state index is 0.126. The summed E-state index contributed by atoms with van der Waals surface area (Å²) in [5, 5.41) is 10.1. The van der Waals surface area contributed by atoms with E-state index >= 15 is 0 Å². The summed E-state index contributed by atoms with van der Waals surface area (Å²) in [6.45, 7) is 28.4. The summed E-state index contributed by atoms with van der Waals surface area (Å²) >= 11 is 0. The molecular weight excluding hydrogens is 1080 g/mol. The number of nitrogens with zero attached hydrogens (tertiary/aromatic N) is 2. The molecule has 17 rings (SSSR count). The molecule has 0 bridgehead atoms. The molecule has 0 saturated heterocycles. The molecule has 2 aliphatic heterocycles. The number of fused-ring (bicyclic) bond motifs is 20. The van der Waals surface area contributed by atoms with Crippen molar-refractivity contribution < 1.29 is 0 Å². The molecule has 436 valence electrons. The van der Waals surface area contributed by atoms with Crippen molar-refractivity contribution in [1.29, 1.82) is 0 Å². The second-order valence-electron chi connectivity index (χ2n) is 30.6. The smallest absolute Gasteiger partial charge is 0.252 e. The van der Waals surface area contributed by atoms with Crippen LogP contribution in [0.2, 0.25) is 0 Å². The Morgan fingerprint density at radius 3 is 1.06 bits per heavy atom. The molecule has 0 saturated carbocycles. The van der Waals surface area contributed by atoms with Crippen LogP contribution in [-0.4, -0.2) is 6.71 Å². The van der Waals surface area contributed by atoms with E-state index in [1.807, 2.05) is 0 Å². The second-order valence-corrected chi connectivity index (χ2v) is 30.6. The van der Waals surface area contributed by atoms with E-state index in [9.17, 15) is 0 Å². The maximum atomic E-state index is 2.70. The van der Waals surface area contributed by atoms with E-state index in [4.69, 9.17) is 0 Å². The van der Waals surface area contributed by atoms with Crippen LogP contribution in [0.15, 0.2) is 237 Å². The van der Waals surface area contributed by atoms with Gasteiger partial charge in [-0.25, -0.2) is 0 Å². The van der Waals surface area contributed by atoms with Gasteiger partial charge in [-0.3, -0.25) is 0 Å². The first-order chi connectivity index (χ1) is 43.1. The van der Waals surface area contributed by atoms with E-state index < -0.39 is 5.41 Å². The molecule has 2 nitrogen and oxygen atoms in total. The van der Waals surface area contributed by atoms with Crippen LogP contribution in [0.3, 0.4) is 0 Å². The van der Waals surface area contributed by atoms with Crippen LogP contribution >= 0.6 is 0 Å². The lowest BCUT2D eigenvalue weighted by Crippen LogP contribution is -2.61. The summed E-state index contributed by atoms with van der Waals surface area (Å²) in [6, 6.07) is 93.0.